The van der Waals surface area contributed by atoms with Crippen LogP contribution in [0.15, 0.2) is 53.9 Å². The second-order valence-corrected chi connectivity index (χ2v) is 6.97. The molecule has 0 spiro atoms. The van der Waals surface area contributed by atoms with E-state index in [0.29, 0.717) is 21.7 Å². The third-order valence-electron chi connectivity index (χ3n) is 4.28. The van der Waals surface area contributed by atoms with Gasteiger partial charge in [-0.25, -0.2) is 9.18 Å². The molecule has 0 aliphatic rings. The van der Waals surface area contributed by atoms with E-state index in [1.54, 1.807) is 36.6 Å². The molecule has 1 aromatic heterocycles. The third-order valence-corrected chi connectivity index (χ3v) is 5.17. The Labute approximate surface area is 167 Å². The monoisotopic (exact) mass is 397 g/mol. The van der Waals surface area contributed by atoms with Crippen molar-refractivity contribution in [3.05, 3.63) is 76.4 Å². The van der Waals surface area contributed by atoms with Crippen LogP contribution in [0.1, 0.15) is 40.1 Å². The van der Waals surface area contributed by atoms with Crippen LogP contribution >= 0.6 is 11.3 Å². The van der Waals surface area contributed by atoms with Crippen LogP contribution in [0, 0.1) is 5.82 Å². The lowest BCUT2D eigenvalue weighted by Gasteiger charge is -2.09. The van der Waals surface area contributed by atoms with Crippen molar-refractivity contribution < 1.29 is 18.7 Å². The number of amides is 1. The van der Waals surface area contributed by atoms with E-state index in [1.807, 2.05) is 19.1 Å². The molecule has 0 unspecified atom stereocenters. The fourth-order valence-electron chi connectivity index (χ4n) is 2.76. The van der Waals surface area contributed by atoms with Gasteiger partial charge in [0.25, 0.3) is 5.91 Å². The van der Waals surface area contributed by atoms with Crippen LogP contribution in [-0.2, 0) is 11.2 Å². The Morgan fingerprint density at radius 2 is 1.71 bits per heavy atom. The lowest BCUT2D eigenvalue weighted by Crippen LogP contribution is -2.14. The molecular formula is C22H20FNO3S. The number of hydrogen-bond donors (Lipinski definition) is 1. The maximum atomic E-state index is 13.3. The summed E-state index contributed by atoms with van der Waals surface area (Å²) >= 11 is 1.23. The van der Waals surface area contributed by atoms with Gasteiger partial charge in [0.15, 0.2) is 0 Å². The van der Waals surface area contributed by atoms with Gasteiger partial charge in [-0.3, -0.25) is 4.79 Å². The van der Waals surface area contributed by atoms with Crippen LogP contribution in [0.2, 0.25) is 0 Å². The number of carbonyl (C=O) groups is 2. The number of aryl methyl sites for hydroxylation is 1. The number of ether oxygens (including phenoxy) is 1. The first-order valence-corrected chi connectivity index (χ1v) is 9.86. The molecule has 1 N–H and O–H groups in total. The predicted octanol–water partition coefficient (Wildman–Crippen LogP) is 5.55. The van der Waals surface area contributed by atoms with Gasteiger partial charge in [0.2, 0.25) is 0 Å². The van der Waals surface area contributed by atoms with E-state index in [1.165, 1.54) is 23.5 Å². The molecule has 0 aliphatic carbocycles. The maximum absolute atomic E-state index is 13.3. The molecule has 0 saturated carbocycles. The number of benzene rings is 2. The summed E-state index contributed by atoms with van der Waals surface area (Å²) in [5, 5.41) is 4.97. The molecule has 0 aliphatic heterocycles. The maximum Gasteiger partial charge on any atom is 0.341 e. The van der Waals surface area contributed by atoms with Gasteiger partial charge in [0.1, 0.15) is 16.4 Å². The number of nitrogens with one attached hydrogen (secondary N) is 1. The Hall–Kier alpha value is -2.99. The number of thiophene rings is 1. The lowest BCUT2D eigenvalue weighted by atomic mass is 10.0. The Kier molecular flexibility index (Phi) is 6.21. The van der Waals surface area contributed by atoms with Crippen molar-refractivity contribution in [3.8, 4) is 11.1 Å². The molecule has 0 atom stereocenters. The van der Waals surface area contributed by atoms with E-state index in [-0.39, 0.29) is 23.9 Å². The van der Waals surface area contributed by atoms with Crippen molar-refractivity contribution in [2.24, 2.45) is 0 Å². The van der Waals surface area contributed by atoms with Crippen molar-refractivity contribution in [3.63, 3.8) is 0 Å². The molecule has 4 nitrogen and oxygen atoms in total. The van der Waals surface area contributed by atoms with E-state index in [0.717, 1.165) is 12.0 Å². The molecule has 144 valence electrons. The molecule has 0 fully saturated rings. The van der Waals surface area contributed by atoms with E-state index in [2.05, 4.69) is 5.32 Å². The summed E-state index contributed by atoms with van der Waals surface area (Å²) in [4.78, 5) is 25.2. The molecule has 3 aromatic rings. The number of carbonyl (C=O) groups excluding carboxylic acids is 2. The van der Waals surface area contributed by atoms with E-state index < -0.39 is 5.97 Å². The Morgan fingerprint density at radius 1 is 1.04 bits per heavy atom. The minimum Gasteiger partial charge on any atom is -0.462 e. The highest BCUT2D eigenvalue weighted by atomic mass is 32.1. The van der Waals surface area contributed by atoms with Gasteiger partial charge in [-0.2, -0.15) is 0 Å². The smallest absolute Gasteiger partial charge is 0.341 e. The van der Waals surface area contributed by atoms with Gasteiger partial charge >= 0.3 is 5.97 Å². The zero-order valence-electron chi connectivity index (χ0n) is 15.6. The standard InChI is InChI=1S/C22H20FNO3S/c1-3-14-5-7-16(8-6-14)20(25)24-21-19(22(26)27-4-2)18(13-28-21)15-9-11-17(23)12-10-15/h5-13H,3-4H2,1-2H3,(H,24,25). The van der Waals surface area contributed by atoms with Crippen molar-refractivity contribution >= 4 is 28.2 Å². The number of anilines is 1. The molecule has 28 heavy (non-hydrogen) atoms. The van der Waals surface area contributed by atoms with Crippen molar-refractivity contribution in [2.75, 3.05) is 11.9 Å². The SMILES string of the molecule is CCOC(=O)c1c(-c2ccc(F)cc2)csc1NC(=O)c1ccc(CC)cc1. The highest BCUT2D eigenvalue weighted by Gasteiger charge is 2.23. The summed E-state index contributed by atoms with van der Waals surface area (Å²) in [5.41, 5.74) is 3.19. The van der Waals surface area contributed by atoms with Crippen molar-refractivity contribution in [2.45, 2.75) is 20.3 Å². The fourth-order valence-corrected chi connectivity index (χ4v) is 3.72. The first-order chi connectivity index (χ1) is 13.5. The molecule has 0 radical (unpaired) electrons. The summed E-state index contributed by atoms with van der Waals surface area (Å²) in [7, 11) is 0. The first kappa shape index (κ1) is 19.8. The Bertz CT molecular complexity index is 978. The van der Waals surface area contributed by atoms with Gasteiger partial charge in [0.05, 0.1) is 6.61 Å². The highest BCUT2D eigenvalue weighted by Crippen LogP contribution is 2.36. The van der Waals surface area contributed by atoms with Gasteiger partial charge < -0.3 is 10.1 Å². The second kappa shape index (κ2) is 8.80. The topological polar surface area (TPSA) is 55.4 Å². The van der Waals surface area contributed by atoms with Crippen molar-refractivity contribution in [1.29, 1.82) is 0 Å². The summed E-state index contributed by atoms with van der Waals surface area (Å²) in [5.74, 6) is -1.19. The molecule has 0 bridgehead atoms. The summed E-state index contributed by atoms with van der Waals surface area (Å²) < 4.78 is 18.4. The zero-order valence-corrected chi connectivity index (χ0v) is 16.4. The summed E-state index contributed by atoms with van der Waals surface area (Å²) in [6, 6.07) is 13.2. The van der Waals surface area contributed by atoms with Crippen LogP contribution in [0.25, 0.3) is 11.1 Å². The first-order valence-electron chi connectivity index (χ1n) is 8.98. The van der Waals surface area contributed by atoms with Crippen LogP contribution < -0.4 is 5.32 Å². The largest absolute Gasteiger partial charge is 0.462 e. The zero-order chi connectivity index (χ0) is 20.1. The molecule has 6 heteroatoms. The predicted molar refractivity (Wildman–Crippen MR) is 109 cm³/mol. The Balaban J connectivity index is 1.94. The van der Waals surface area contributed by atoms with Crippen LogP contribution in [0.5, 0.6) is 0 Å². The lowest BCUT2D eigenvalue weighted by molar-refractivity contribution is 0.0529. The van der Waals surface area contributed by atoms with Gasteiger partial charge in [0, 0.05) is 16.5 Å². The second-order valence-electron chi connectivity index (χ2n) is 6.09. The number of rotatable bonds is 6. The Morgan fingerprint density at radius 3 is 2.32 bits per heavy atom. The van der Waals surface area contributed by atoms with Crippen LogP contribution in [0.4, 0.5) is 9.39 Å². The average Bonchev–Trinajstić information content (AvgIpc) is 3.12. The fraction of sp³-hybridized carbons (Fsp3) is 0.182. The molecular weight excluding hydrogens is 377 g/mol. The van der Waals surface area contributed by atoms with E-state index in [4.69, 9.17) is 4.74 Å². The normalized spacial score (nSPS) is 10.5. The number of esters is 1. The van der Waals surface area contributed by atoms with E-state index in [9.17, 15) is 14.0 Å². The van der Waals surface area contributed by atoms with Gasteiger partial charge in [-0.1, -0.05) is 31.2 Å². The number of halogens is 1. The highest BCUT2D eigenvalue weighted by molar-refractivity contribution is 7.15. The van der Waals surface area contributed by atoms with E-state index >= 15 is 0 Å². The minimum atomic E-state index is -0.528. The third kappa shape index (κ3) is 4.28. The van der Waals surface area contributed by atoms with Gasteiger partial charge in [-0.05, 0) is 48.7 Å². The molecule has 0 saturated heterocycles. The summed E-state index contributed by atoms with van der Waals surface area (Å²) in [6.07, 6.45) is 0.890. The van der Waals surface area contributed by atoms with Crippen molar-refractivity contribution in [1.82, 2.24) is 0 Å². The van der Waals surface area contributed by atoms with Crippen LogP contribution in [0.3, 0.4) is 0 Å². The van der Waals surface area contributed by atoms with Crippen LogP contribution in [-0.4, -0.2) is 18.5 Å². The minimum absolute atomic E-state index is 0.212. The molecule has 2 aromatic carbocycles. The van der Waals surface area contributed by atoms with Gasteiger partial charge in [-0.15, -0.1) is 11.3 Å². The molecule has 1 amide bonds. The summed E-state index contributed by atoms with van der Waals surface area (Å²) in [6.45, 7) is 3.97. The average molecular weight is 397 g/mol. The molecule has 1 heterocycles. The quantitative estimate of drug-likeness (QED) is 0.555. The molecule has 3 rings (SSSR count). The number of hydrogen-bond acceptors (Lipinski definition) is 4.